The lowest BCUT2D eigenvalue weighted by Gasteiger charge is -2.27. The minimum absolute atomic E-state index is 0.0254. The van der Waals surface area contributed by atoms with Gasteiger partial charge in [-0.15, -0.1) is 0 Å². The van der Waals surface area contributed by atoms with Gasteiger partial charge in [0.25, 0.3) is 0 Å². The number of hydrogen-bond acceptors (Lipinski definition) is 6. The number of hydrogen-bond donors (Lipinski definition) is 2. The number of allylic oxidation sites excluding steroid dienone is 25. The molecule has 0 aliphatic carbocycles. The first-order chi connectivity index (χ1) is 43.4. The Labute approximate surface area is 548 Å². The van der Waals surface area contributed by atoms with Crippen molar-refractivity contribution < 1.29 is 37.3 Å². The van der Waals surface area contributed by atoms with Crippen molar-refractivity contribution in [2.45, 2.75) is 290 Å². The van der Waals surface area contributed by atoms with E-state index in [-0.39, 0.29) is 31.5 Å². The normalized spacial score (nSPS) is 14.5. The minimum atomic E-state index is -4.48. The Hall–Kier alpha value is -4.37. The molecule has 0 aliphatic rings. The van der Waals surface area contributed by atoms with Crippen LogP contribution in [0, 0.1) is 0 Å². The Morgan fingerprint density at radius 3 is 1.08 bits per heavy atom. The summed E-state index contributed by atoms with van der Waals surface area (Å²) in [7, 11) is 1.45. The SMILES string of the molecule is CC/C=C\C/C=C\C/C=C\C/C=C\C/C=C\C/C=C\CCCCCCCCC(=O)NC(COP(=O)(O)OCC[N+](C)(C)C)C(/C=C/CCCCCCCCCCCCC)OC(=O)CCCCCCCC/C=C\C/C=C\C/C=C\C/C=C\C/C=C\C/C=C\CC. The molecule has 3 unspecified atom stereocenters. The lowest BCUT2D eigenvalue weighted by atomic mass is 10.0. The third-order valence-electron chi connectivity index (χ3n) is 15.0. The molecule has 0 heterocycles. The number of quaternary nitrogens is 1. The molecule has 1 amide bonds. The van der Waals surface area contributed by atoms with E-state index in [2.05, 4.69) is 172 Å². The number of phosphoric acid groups is 1. The van der Waals surface area contributed by atoms with Crippen molar-refractivity contribution in [2.24, 2.45) is 0 Å². The van der Waals surface area contributed by atoms with Crippen LogP contribution in [0.15, 0.2) is 158 Å². The third-order valence-corrected chi connectivity index (χ3v) is 15.9. The van der Waals surface area contributed by atoms with Crippen LogP contribution in [0.3, 0.4) is 0 Å². The number of phosphoric ester groups is 1. The van der Waals surface area contributed by atoms with Gasteiger partial charge in [0.05, 0.1) is 33.8 Å². The first-order valence-corrected chi connectivity index (χ1v) is 37.3. The number of esters is 1. The highest BCUT2D eigenvalue weighted by molar-refractivity contribution is 7.47. The van der Waals surface area contributed by atoms with Gasteiger partial charge in [-0.3, -0.25) is 18.6 Å². The fourth-order valence-corrected chi connectivity index (χ4v) is 10.3. The predicted octanol–water partition coefficient (Wildman–Crippen LogP) is 23.1. The van der Waals surface area contributed by atoms with Crippen molar-refractivity contribution in [1.82, 2.24) is 5.32 Å². The molecule has 0 fully saturated rings. The topological polar surface area (TPSA) is 111 Å². The second-order valence-electron chi connectivity index (χ2n) is 24.6. The van der Waals surface area contributed by atoms with Gasteiger partial charge in [0.2, 0.25) is 5.91 Å². The van der Waals surface area contributed by atoms with Gasteiger partial charge < -0.3 is 19.4 Å². The van der Waals surface area contributed by atoms with E-state index in [0.717, 1.165) is 180 Å². The number of unbranched alkanes of at least 4 members (excludes halogenated alkanes) is 23. The molecular formula is C79H134N2O7P+. The first kappa shape index (κ1) is 84.6. The van der Waals surface area contributed by atoms with Crippen LogP contribution < -0.4 is 5.32 Å². The summed E-state index contributed by atoms with van der Waals surface area (Å²) >= 11 is 0. The third kappa shape index (κ3) is 67.8. The van der Waals surface area contributed by atoms with Gasteiger partial charge in [-0.1, -0.05) is 288 Å². The van der Waals surface area contributed by atoms with E-state index in [1.54, 1.807) is 0 Å². The van der Waals surface area contributed by atoms with Crippen LogP contribution in [0.25, 0.3) is 0 Å². The number of amides is 1. The van der Waals surface area contributed by atoms with Crippen LogP contribution in [-0.4, -0.2) is 74.3 Å². The molecule has 89 heavy (non-hydrogen) atoms. The zero-order valence-corrected chi connectivity index (χ0v) is 58.8. The number of carbonyl (C=O) groups is 2. The maximum atomic E-state index is 13.6. The van der Waals surface area contributed by atoms with Crippen molar-refractivity contribution in [2.75, 3.05) is 40.9 Å². The van der Waals surface area contributed by atoms with Gasteiger partial charge >= 0.3 is 13.8 Å². The quantitative estimate of drug-likeness (QED) is 0.0205. The van der Waals surface area contributed by atoms with E-state index in [9.17, 15) is 19.0 Å². The van der Waals surface area contributed by atoms with Crippen molar-refractivity contribution in [3.8, 4) is 0 Å². The number of likely N-dealkylation sites (N-methyl/N-ethyl adjacent to an activating group) is 1. The number of nitrogens with one attached hydrogen (secondary N) is 1. The summed E-state index contributed by atoms with van der Waals surface area (Å²) in [6.45, 7) is 6.76. The van der Waals surface area contributed by atoms with E-state index in [0.29, 0.717) is 23.9 Å². The van der Waals surface area contributed by atoms with Crippen LogP contribution in [0.4, 0.5) is 0 Å². The van der Waals surface area contributed by atoms with Crippen molar-refractivity contribution in [3.63, 3.8) is 0 Å². The van der Waals surface area contributed by atoms with Crippen LogP contribution in [0.1, 0.15) is 278 Å². The summed E-state index contributed by atoms with van der Waals surface area (Å²) in [6, 6.07) is -0.877. The molecule has 0 aromatic carbocycles. The molecule has 0 spiro atoms. The zero-order chi connectivity index (χ0) is 64.9. The van der Waals surface area contributed by atoms with Gasteiger partial charge in [-0.2, -0.15) is 0 Å². The van der Waals surface area contributed by atoms with Crippen molar-refractivity contribution in [1.29, 1.82) is 0 Å². The predicted molar refractivity (Wildman–Crippen MR) is 387 cm³/mol. The number of nitrogens with zero attached hydrogens (tertiary/aromatic N) is 1. The average Bonchev–Trinajstić information content (AvgIpc) is 3.67. The molecule has 506 valence electrons. The fraction of sp³-hybridized carbons (Fsp3) is 0.646. The smallest absolute Gasteiger partial charge is 0.456 e. The highest BCUT2D eigenvalue weighted by Crippen LogP contribution is 2.43. The first-order valence-electron chi connectivity index (χ1n) is 35.8. The summed E-state index contributed by atoms with van der Waals surface area (Å²) in [4.78, 5) is 38.0. The lowest BCUT2D eigenvalue weighted by Crippen LogP contribution is -2.47. The average molecular weight is 1250 g/mol. The Kier molecular flexibility index (Phi) is 63.3. The molecule has 2 N–H and O–H groups in total. The number of ether oxygens (including phenoxy) is 1. The van der Waals surface area contributed by atoms with Crippen LogP contribution in [-0.2, 0) is 27.9 Å². The largest absolute Gasteiger partial charge is 0.472 e. The van der Waals surface area contributed by atoms with Crippen LogP contribution in [0.2, 0.25) is 0 Å². The molecule has 0 aromatic heterocycles. The second-order valence-corrected chi connectivity index (χ2v) is 26.1. The molecule has 9 nitrogen and oxygen atoms in total. The van der Waals surface area contributed by atoms with Crippen molar-refractivity contribution in [3.05, 3.63) is 158 Å². The van der Waals surface area contributed by atoms with Crippen LogP contribution >= 0.6 is 7.82 Å². The molecule has 10 heteroatoms. The zero-order valence-electron chi connectivity index (χ0n) is 57.9. The highest BCUT2D eigenvalue weighted by atomic mass is 31.2. The van der Waals surface area contributed by atoms with Gasteiger partial charge in [0.15, 0.2) is 0 Å². The van der Waals surface area contributed by atoms with E-state index < -0.39 is 20.0 Å². The fourth-order valence-electron chi connectivity index (χ4n) is 9.54. The molecule has 3 atom stereocenters. The van der Waals surface area contributed by atoms with E-state index in [1.807, 2.05) is 33.3 Å². The number of rotatable bonds is 63. The molecule has 0 saturated carbocycles. The Bertz CT molecular complexity index is 2080. The lowest BCUT2D eigenvalue weighted by molar-refractivity contribution is -0.870. The summed E-state index contributed by atoms with van der Waals surface area (Å²) in [5.74, 6) is -0.547. The molecular weight excluding hydrogens is 1120 g/mol. The number of carbonyl (C=O) groups excluding carboxylic acids is 2. The summed E-state index contributed by atoms with van der Waals surface area (Å²) < 4.78 is 30.8. The Balaban J connectivity index is 5.21. The van der Waals surface area contributed by atoms with Crippen LogP contribution in [0.5, 0.6) is 0 Å². The Morgan fingerprint density at radius 2 is 0.719 bits per heavy atom. The summed E-state index contributed by atoms with van der Waals surface area (Å²) in [5, 5.41) is 3.06. The monoisotopic (exact) mass is 1250 g/mol. The molecule has 0 radical (unpaired) electrons. The maximum Gasteiger partial charge on any atom is 0.472 e. The van der Waals surface area contributed by atoms with E-state index >= 15 is 0 Å². The molecule has 0 aromatic rings. The molecule has 0 bridgehead atoms. The van der Waals surface area contributed by atoms with E-state index in [4.69, 9.17) is 13.8 Å². The minimum Gasteiger partial charge on any atom is -0.456 e. The van der Waals surface area contributed by atoms with Gasteiger partial charge in [-0.25, -0.2) is 4.57 Å². The standard InChI is InChI=1S/C79H133N2O7P/c1-7-10-13-16-19-22-25-28-30-32-34-36-38-40-42-44-46-48-50-53-56-59-62-65-68-71-78(82)80-76(75-87-89(84,85)86-74-73-81(4,5)6)77(70-67-64-61-58-55-52-27-24-21-18-15-12-9-3)88-79(83)72-69-66-63-60-57-54-51-49-47-45-43-41-39-37-35-33-31-29-26-23-20-17-14-11-8-2/h10-11,13-14,19-20,22-23,28-31,34-37,40-43,46-49,67,70,76-77H,7-9,12,15-18,21,24-27,32-33,38-39,44-45,50-66,68-69,71-75H2,1-6H3,(H-,80,82,84,85)/p+1/b13-10-,14-11-,22-19-,23-20-,30-28-,31-29-,36-34-,37-35-,42-40-,43-41-,48-46-,49-47-,70-67+. The highest BCUT2D eigenvalue weighted by Gasteiger charge is 2.30. The summed E-state index contributed by atoms with van der Waals surface area (Å²) in [6.07, 6.45) is 98.2. The van der Waals surface area contributed by atoms with Crippen molar-refractivity contribution >= 4 is 19.7 Å². The van der Waals surface area contributed by atoms with Gasteiger partial charge in [0.1, 0.15) is 19.3 Å². The molecule has 0 aliphatic heterocycles. The molecule has 0 rings (SSSR count). The van der Waals surface area contributed by atoms with E-state index in [1.165, 1.54) is 57.8 Å². The maximum absolute atomic E-state index is 13.6. The second kappa shape index (κ2) is 66.5. The van der Waals surface area contributed by atoms with Gasteiger partial charge in [-0.05, 0) is 134 Å². The Morgan fingerprint density at radius 1 is 0.404 bits per heavy atom. The molecule has 0 saturated heterocycles. The van der Waals surface area contributed by atoms with Gasteiger partial charge in [0, 0.05) is 12.8 Å². The summed E-state index contributed by atoms with van der Waals surface area (Å²) in [5.41, 5.74) is 0.